The van der Waals surface area contributed by atoms with Gasteiger partial charge < -0.3 is 20.5 Å². The topological polar surface area (TPSA) is 106 Å². The van der Waals surface area contributed by atoms with Gasteiger partial charge in [0.25, 0.3) is 0 Å². The zero-order valence-electron chi connectivity index (χ0n) is 15.7. The summed E-state index contributed by atoms with van der Waals surface area (Å²) in [5.74, 6) is -1.27. The lowest BCUT2D eigenvalue weighted by atomic mass is 10.1. The maximum absolute atomic E-state index is 11.5. The van der Waals surface area contributed by atoms with Gasteiger partial charge in [-0.2, -0.15) is 0 Å². The van der Waals surface area contributed by atoms with Crippen LogP contribution in [0.1, 0.15) is 31.3 Å². The van der Waals surface area contributed by atoms with Crippen molar-refractivity contribution in [3.05, 3.63) is 87.7 Å². The number of aromatic carboxylic acids is 1. The standard InChI is InChI=1S/C15H13NO3S.C7H7NO/c1-9-14(15(18)19)12-7-10(17)4-5-13(12)16(9)8-11-3-2-6-20-11;8-7(9)6-4-2-1-3-5-6/h2-7,17H,8H2,1H3,(H,18,19);1-5H,(H2,8,9). The summed E-state index contributed by atoms with van der Waals surface area (Å²) in [6.45, 7) is 2.44. The van der Waals surface area contributed by atoms with Crippen molar-refractivity contribution in [1.82, 2.24) is 4.57 Å². The molecular formula is C22H20N2O4S. The van der Waals surface area contributed by atoms with Crippen molar-refractivity contribution in [2.75, 3.05) is 0 Å². The fourth-order valence-electron chi connectivity index (χ4n) is 3.10. The highest BCUT2D eigenvalue weighted by Crippen LogP contribution is 2.30. The predicted octanol–water partition coefficient (Wildman–Crippen LogP) is 4.25. The minimum atomic E-state index is -0.969. The predicted molar refractivity (Wildman–Crippen MR) is 114 cm³/mol. The van der Waals surface area contributed by atoms with Crippen LogP contribution in [0.4, 0.5) is 0 Å². The van der Waals surface area contributed by atoms with Gasteiger partial charge in [-0.25, -0.2) is 4.79 Å². The van der Waals surface area contributed by atoms with Crippen LogP contribution in [-0.2, 0) is 6.54 Å². The van der Waals surface area contributed by atoms with E-state index in [1.165, 1.54) is 6.07 Å². The minimum Gasteiger partial charge on any atom is -0.508 e. The second kappa shape index (κ2) is 8.62. The Kier molecular flexibility index (Phi) is 5.99. The first-order valence-electron chi connectivity index (χ1n) is 8.81. The third-order valence-corrected chi connectivity index (χ3v) is 5.33. The highest BCUT2D eigenvalue weighted by molar-refractivity contribution is 7.09. The van der Waals surface area contributed by atoms with Gasteiger partial charge in [-0.3, -0.25) is 4.79 Å². The van der Waals surface area contributed by atoms with E-state index in [2.05, 4.69) is 0 Å². The van der Waals surface area contributed by atoms with Crippen molar-refractivity contribution in [2.24, 2.45) is 5.73 Å². The number of primary amides is 1. The lowest BCUT2D eigenvalue weighted by Gasteiger charge is -2.06. The minimum absolute atomic E-state index is 0.0771. The first kappa shape index (κ1) is 20.2. The summed E-state index contributed by atoms with van der Waals surface area (Å²) in [5.41, 5.74) is 7.31. The van der Waals surface area contributed by atoms with E-state index in [-0.39, 0.29) is 17.2 Å². The smallest absolute Gasteiger partial charge is 0.338 e. The van der Waals surface area contributed by atoms with E-state index < -0.39 is 5.97 Å². The molecule has 29 heavy (non-hydrogen) atoms. The SMILES string of the molecule is Cc1c(C(=O)O)c2cc(O)ccc2n1Cc1cccs1.NC(=O)c1ccccc1. The highest BCUT2D eigenvalue weighted by Gasteiger charge is 2.19. The van der Waals surface area contributed by atoms with Crippen LogP contribution in [0, 0.1) is 6.92 Å². The number of amides is 1. The first-order chi connectivity index (χ1) is 13.9. The van der Waals surface area contributed by atoms with Gasteiger partial charge in [-0.15, -0.1) is 11.3 Å². The largest absolute Gasteiger partial charge is 0.508 e. The van der Waals surface area contributed by atoms with Crippen LogP contribution >= 0.6 is 11.3 Å². The Balaban J connectivity index is 0.000000224. The van der Waals surface area contributed by atoms with Crippen LogP contribution in [0.2, 0.25) is 0 Å². The van der Waals surface area contributed by atoms with Crippen molar-refractivity contribution in [3.63, 3.8) is 0 Å². The highest BCUT2D eigenvalue weighted by atomic mass is 32.1. The number of phenols is 1. The van der Waals surface area contributed by atoms with E-state index in [9.17, 15) is 19.8 Å². The molecule has 0 radical (unpaired) electrons. The number of carboxylic acid groups (broad SMARTS) is 1. The quantitative estimate of drug-likeness (QED) is 0.469. The van der Waals surface area contributed by atoms with E-state index in [1.807, 2.05) is 28.1 Å². The molecule has 148 valence electrons. The van der Waals surface area contributed by atoms with Crippen LogP contribution < -0.4 is 5.73 Å². The molecule has 0 aliphatic rings. The summed E-state index contributed by atoms with van der Waals surface area (Å²) in [5, 5.41) is 21.6. The molecular weight excluding hydrogens is 388 g/mol. The Labute approximate surface area is 171 Å². The number of aromatic hydroxyl groups is 1. The fourth-order valence-corrected chi connectivity index (χ4v) is 3.80. The Bertz CT molecular complexity index is 1150. The van der Waals surface area contributed by atoms with Crippen molar-refractivity contribution < 1.29 is 19.8 Å². The Morgan fingerprint density at radius 1 is 1.07 bits per heavy atom. The molecule has 0 bridgehead atoms. The number of thiophene rings is 1. The molecule has 1 amide bonds. The van der Waals surface area contributed by atoms with Crippen LogP contribution in [0.15, 0.2) is 66.0 Å². The Morgan fingerprint density at radius 3 is 2.34 bits per heavy atom. The summed E-state index contributed by atoms with van der Waals surface area (Å²) in [6, 6.07) is 17.6. The first-order valence-corrected chi connectivity index (χ1v) is 9.68. The fraction of sp³-hybridized carbons (Fsp3) is 0.0909. The number of carbonyl (C=O) groups is 2. The average Bonchev–Trinajstić information content (AvgIpc) is 3.29. The molecule has 2 aromatic heterocycles. The van der Waals surface area contributed by atoms with Crippen LogP contribution in [-0.4, -0.2) is 26.7 Å². The number of rotatable bonds is 4. The molecule has 4 rings (SSSR count). The number of nitrogens with two attached hydrogens (primary N) is 1. The molecule has 2 heterocycles. The molecule has 2 aromatic carbocycles. The third-order valence-electron chi connectivity index (χ3n) is 4.47. The van der Waals surface area contributed by atoms with Gasteiger partial charge in [0.2, 0.25) is 5.91 Å². The Hall–Kier alpha value is -3.58. The number of carbonyl (C=O) groups excluding carboxylic acids is 1. The lowest BCUT2D eigenvalue weighted by Crippen LogP contribution is -2.09. The summed E-state index contributed by atoms with van der Waals surface area (Å²) in [6.07, 6.45) is 0. The molecule has 0 aliphatic heterocycles. The number of benzene rings is 2. The van der Waals surface area contributed by atoms with Crippen molar-refractivity contribution in [3.8, 4) is 5.75 Å². The number of aromatic nitrogens is 1. The molecule has 0 saturated heterocycles. The van der Waals surface area contributed by atoms with Gasteiger partial charge in [0.15, 0.2) is 0 Å². The summed E-state index contributed by atoms with van der Waals surface area (Å²) >= 11 is 1.64. The zero-order chi connectivity index (χ0) is 21.0. The maximum Gasteiger partial charge on any atom is 0.338 e. The van der Waals surface area contributed by atoms with E-state index in [1.54, 1.807) is 54.7 Å². The number of hydrogen-bond acceptors (Lipinski definition) is 4. The molecule has 7 heteroatoms. The number of hydrogen-bond donors (Lipinski definition) is 3. The molecule has 0 fully saturated rings. The van der Waals surface area contributed by atoms with E-state index in [0.29, 0.717) is 23.2 Å². The second-order valence-corrected chi connectivity index (χ2v) is 7.40. The van der Waals surface area contributed by atoms with Crippen molar-refractivity contribution in [1.29, 1.82) is 0 Å². The molecule has 0 spiro atoms. The van der Waals surface area contributed by atoms with Crippen LogP contribution in [0.25, 0.3) is 10.9 Å². The normalized spacial score (nSPS) is 10.4. The molecule has 0 saturated carbocycles. The lowest BCUT2D eigenvalue weighted by molar-refractivity contribution is 0.0697. The summed E-state index contributed by atoms with van der Waals surface area (Å²) < 4.78 is 1.98. The molecule has 6 nitrogen and oxygen atoms in total. The van der Waals surface area contributed by atoms with E-state index in [0.717, 1.165) is 10.4 Å². The number of fused-ring (bicyclic) bond motifs is 1. The van der Waals surface area contributed by atoms with E-state index >= 15 is 0 Å². The van der Waals surface area contributed by atoms with Gasteiger partial charge in [0.05, 0.1) is 12.1 Å². The average molecular weight is 408 g/mol. The Morgan fingerprint density at radius 2 is 1.79 bits per heavy atom. The molecule has 4 N–H and O–H groups in total. The number of carboxylic acids is 1. The van der Waals surface area contributed by atoms with Gasteiger partial charge >= 0.3 is 5.97 Å². The van der Waals surface area contributed by atoms with Gasteiger partial charge in [-0.05, 0) is 48.7 Å². The second-order valence-electron chi connectivity index (χ2n) is 6.36. The number of nitrogens with zero attached hydrogens (tertiary/aromatic N) is 1. The van der Waals surface area contributed by atoms with Crippen LogP contribution in [0.3, 0.4) is 0 Å². The van der Waals surface area contributed by atoms with Gasteiger partial charge in [0, 0.05) is 27.0 Å². The van der Waals surface area contributed by atoms with Gasteiger partial charge in [0.1, 0.15) is 5.75 Å². The molecule has 0 atom stereocenters. The van der Waals surface area contributed by atoms with Crippen molar-refractivity contribution in [2.45, 2.75) is 13.5 Å². The maximum atomic E-state index is 11.5. The van der Waals surface area contributed by atoms with Gasteiger partial charge in [-0.1, -0.05) is 24.3 Å². The zero-order valence-corrected chi connectivity index (χ0v) is 16.5. The monoisotopic (exact) mass is 408 g/mol. The molecule has 4 aromatic rings. The summed E-state index contributed by atoms with van der Waals surface area (Å²) in [7, 11) is 0. The third kappa shape index (κ3) is 4.47. The van der Waals surface area contributed by atoms with E-state index in [4.69, 9.17) is 5.73 Å². The molecule has 0 unspecified atom stereocenters. The van der Waals surface area contributed by atoms with Crippen LogP contribution in [0.5, 0.6) is 5.75 Å². The summed E-state index contributed by atoms with van der Waals surface area (Å²) in [4.78, 5) is 23.1. The molecule has 0 aliphatic carbocycles. The van der Waals surface area contributed by atoms with Crippen molar-refractivity contribution >= 4 is 34.1 Å². The number of phenolic OH excluding ortho intramolecular Hbond substituents is 1.